The van der Waals surface area contributed by atoms with Gasteiger partial charge in [0.2, 0.25) is 0 Å². The highest BCUT2D eigenvalue weighted by molar-refractivity contribution is 7.99. The van der Waals surface area contributed by atoms with Crippen LogP contribution in [0.25, 0.3) is 0 Å². The molecule has 0 spiro atoms. The highest BCUT2D eigenvalue weighted by atomic mass is 32.2. The number of hydrogen-bond acceptors (Lipinski definition) is 4. The van der Waals surface area contributed by atoms with E-state index in [4.69, 9.17) is 4.74 Å². The molecule has 0 aliphatic carbocycles. The molecule has 126 valence electrons. The molecule has 1 heterocycles. The lowest BCUT2D eigenvalue weighted by Gasteiger charge is -2.31. The highest BCUT2D eigenvalue weighted by Gasteiger charge is 2.39. The maximum absolute atomic E-state index is 12.3. The Morgan fingerprint density at radius 2 is 2.09 bits per heavy atom. The zero-order chi connectivity index (χ0) is 16.8. The third kappa shape index (κ3) is 4.41. The van der Waals surface area contributed by atoms with Gasteiger partial charge in [-0.25, -0.2) is 4.79 Å². The van der Waals surface area contributed by atoms with Gasteiger partial charge < -0.3 is 14.7 Å². The van der Waals surface area contributed by atoms with Crippen LogP contribution in [0.5, 0.6) is 0 Å². The van der Waals surface area contributed by atoms with Crippen LogP contribution in [0.4, 0.5) is 4.79 Å². The fraction of sp³-hybridized carbons (Fsp3) is 0.529. The van der Waals surface area contributed by atoms with E-state index in [-0.39, 0.29) is 29.8 Å². The monoisotopic (exact) mass is 337 g/mol. The van der Waals surface area contributed by atoms with Crippen molar-refractivity contribution in [1.82, 2.24) is 4.90 Å². The Morgan fingerprint density at radius 1 is 1.39 bits per heavy atom. The minimum absolute atomic E-state index is 0.0862. The van der Waals surface area contributed by atoms with E-state index in [9.17, 15) is 14.7 Å². The van der Waals surface area contributed by atoms with Crippen molar-refractivity contribution in [1.29, 1.82) is 0 Å². The lowest BCUT2D eigenvalue weighted by molar-refractivity contribution is -0.149. The number of thioether (sulfide) groups is 1. The first kappa shape index (κ1) is 17.7. The lowest BCUT2D eigenvalue weighted by Crippen LogP contribution is -2.45. The summed E-state index contributed by atoms with van der Waals surface area (Å²) < 4.78 is 5.41. The van der Waals surface area contributed by atoms with E-state index in [0.717, 1.165) is 18.4 Å². The van der Waals surface area contributed by atoms with Crippen LogP contribution in [0.15, 0.2) is 30.3 Å². The molecule has 1 aromatic rings. The average Bonchev–Trinajstić information content (AvgIpc) is 3.04. The maximum Gasteiger partial charge on any atom is 0.407 e. The molecule has 0 bridgehead atoms. The summed E-state index contributed by atoms with van der Waals surface area (Å²) in [6.45, 7) is 2.62. The average molecular weight is 337 g/mol. The Morgan fingerprint density at radius 3 is 2.70 bits per heavy atom. The predicted molar refractivity (Wildman–Crippen MR) is 90.5 cm³/mol. The first-order valence-electron chi connectivity index (χ1n) is 7.77. The number of ether oxygens (including phenoxy) is 1. The Bertz CT molecular complexity index is 537. The van der Waals surface area contributed by atoms with Gasteiger partial charge >= 0.3 is 12.1 Å². The van der Waals surface area contributed by atoms with E-state index in [1.807, 2.05) is 43.5 Å². The number of amides is 1. The fourth-order valence-corrected chi connectivity index (χ4v) is 4.18. The molecular weight excluding hydrogens is 314 g/mol. The van der Waals surface area contributed by atoms with Gasteiger partial charge in [0, 0.05) is 17.8 Å². The summed E-state index contributed by atoms with van der Waals surface area (Å²) in [6, 6.07) is 9.42. The normalized spacial score (nSPS) is 20.1. The Kier molecular flexibility index (Phi) is 6.33. The molecule has 1 saturated heterocycles. The van der Waals surface area contributed by atoms with Crippen molar-refractivity contribution in [2.75, 3.05) is 12.8 Å². The van der Waals surface area contributed by atoms with Gasteiger partial charge in [0.15, 0.2) is 0 Å². The quantitative estimate of drug-likeness (QED) is 0.807. The van der Waals surface area contributed by atoms with Crippen molar-refractivity contribution < 1.29 is 19.4 Å². The summed E-state index contributed by atoms with van der Waals surface area (Å²) in [7, 11) is 0. The largest absolute Gasteiger partial charge is 0.465 e. The van der Waals surface area contributed by atoms with Gasteiger partial charge in [-0.2, -0.15) is 11.8 Å². The molecule has 1 N–H and O–H groups in total. The maximum atomic E-state index is 12.3. The number of hydrogen-bond donors (Lipinski definition) is 1. The first-order chi connectivity index (χ1) is 11.0. The molecule has 0 saturated carbocycles. The minimum Gasteiger partial charge on any atom is -0.465 e. The van der Waals surface area contributed by atoms with E-state index >= 15 is 0 Å². The second kappa shape index (κ2) is 8.24. The number of rotatable bonds is 6. The number of carboxylic acid groups (broad SMARTS) is 1. The van der Waals surface area contributed by atoms with Crippen LogP contribution in [0, 0.1) is 5.92 Å². The highest BCUT2D eigenvalue weighted by Crippen LogP contribution is 2.32. The SMILES string of the molecule is CS[C@H]([C@@H](C)C(=O)OCc1ccccc1)[C@@H]1CCCN1C(=O)O. The third-order valence-electron chi connectivity index (χ3n) is 4.28. The zero-order valence-electron chi connectivity index (χ0n) is 13.5. The van der Waals surface area contributed by atoms with Crippen molar-refractivity contribution in [2.24, 2.45) is 5.92 Å². The number of carbonyl (C=O) groups excluding carboxylic acids is 1. The van der Waals surface area contributed by atoms with Crippen LogP contribution < -0.4 is 0 Å². The van der Waals surface area contributed by atoms with Crippen molar-refractivity contribution >= 4 is 23.8 Å². The summed E-state index contributed by atoms with van der Waals surface area (Å²) in [6.07, 6.45) is 2.66. The van der Waals surface area contributed by atoms with E-state index in [0.29, 0.717) is 6.54 Å². The molecular formula is C17H23NO4S. The lowest BCUT2D eigenvalue weighted by atomic mass is 9.99. The standard InChI is InChI=1S/C17H23NO4S/c1-12(16(19)22-11-13-7-4-3-5-8-13)15(23-2)14-9-6-10-18(14)17(20)21/h3-5,7-8,12,14-15H,6,9-11H2,1-2H3,(H,20,21)/t12-,14+,15-/m1/s1. The van der Waals surface area contributed by atoms with E-state index in [1.165, 1.54) is 4.90 Å². The Labute approximate surface area is 141 Å². The van der Waals surface area contributed by atoms with E-state index in [1.54, 1.807) is 11.8 Å². The van der Waals surface area contributed by atoms with Gasteiger partial charge in [-0.05, 0) is 24.7 Å². The molecule has 1 aliphatic rings. The van der Waals surface area contributed by atoms with Crippen molar-refractivity contribution in [2.45, 2.75) is 37.7 Å². The van der Waals surface area contributed by atoms with Crippen molar-refractivity contribution in [3.63, 3.8) is 0 Å². The smallest absolute Gasteiger partial charge is 0.407 e. The molecule has 2 rings (SSSR count). The summed E-state index contributed by atoms with van der Waals surface area (Å²) in [5.74, 6) is -0.621. The number of nitrogens with zero attached hydrogens (tertiary/aromatic N) is 1. The van der Waals surface area contributed by atoms with Gasteiger partial charge in [0.05, 0.1) is 5.92 Å². The summed E-state index contributed by atoms with van der Waals surface area (Å²) >= 11 is 1.54. The van der Waals surface area contributed by atoms with Crippen LogP contribution in [-0.4, -0.2) is 46.2 Å². The number of likely N-dealkylation sites (tertiary alicyclic amines) is 1. The van der Waals surface area contributed by atoms with E-state index in [2.05, 4.69) is 0 Å². The zero-order valence-corrected chi connectivity index (χ0v) is 14.3. The molecule has 23 heavy (non-hydrogen) atoms. The van der Waals surface area contributed by atoms with Crippen LogP contribution >= 0.6 is 11.8 Å². The van der Waals surface area contributed by atoms with Gasteiger partial charge in [0.25, 0.3) is 0 Å². The Balaban J connectivity index is 1.97. The molecule has 5 nitrogen and oxygen atoms in total. The van der Waals surface area contributed by atoms with Gasteiger partial charge in [-0.15, -0.1) is 0 Å². The number of carbonyl (C=O) groups is 2. The van der Waals surface area contributed by atoms with Crippen molar-refractivity contribution in [3.05, 3.63) is 35.9 Å². The predicted octanol–water partition coefficient (Wildman–Crippen LogP) is 3.24. The van der Waals surface area contributed by atoms with Gasteiger partial charge in [0.1, 0.15) is 6.61 Å². The third-order valence-corrected chi connectivity index (χ3v) is 5.55. The second-order valence-corrected chi connectivity index (χ2v) is 6.78. The second-order valence-electron chi connectivity index (χ2n) is 5.77. The fourth-order valence-electron chi connectivity index (χ4n) is 3.06. The van der Waals surface area contributed by atoms with E-state index < -0.39 is 6.09 Å². The Hall–Kier alpha value is -1.69. The first-order valence-corrected chi connectivity index (χ1v) is 9.06. The molecule has 0 radical (unpaired) electrons. The van der Waals surface area contributed by atoms with Crippen LogP contribution in [0.3, 0.4) is 0 Å². The van der Waals surface area contributed by atoms with Gasteiger partial charge in [-0.3, -0.25) is 4.79 Å². The molecule has 0 aromatic heterocycles. The minimum atomic E-state index is -0.906. The molecule has 1 aromatic carbocycles. The summed E-state index contributed by atoms with van der Waals surface area (Å²) in [4.78, 5) is 25.1. The molecule has 6 heteroatoms. The van der Waals surface area contributed by atoms with Crippen LogP contribution in [0.2, 0.25) is 0 Å². The van der Waals surface area contributed by atoms with Crippen LogP contribution in [0.1, 0.15) is 25.3 Å². The summed E-state index contributed by atoms with van der Waals surface area (Å²) in [5, 5.41) is 9.21. The number of esters is 1. The molecule has 1 fully saturated rings. The molecule has 1 amide bonds. The van der Waals surface area contributed by atoms with Gasteiger partial charge in [-0.1, -0.05) is 37.3 Å². The number of benzene rings is 1. The topological polar surface area (TPSA) is 66.8 Å². The molecule has 0 unspecified atom stereocenters. The molecule has 1 aliphatic heterocycles. The van der Waals surface area contributed by atoms with Crippen molar-refractivity contribution in [3.8, 4) is 0 Å². The summed E-state index contributed by atoms with van der Waals surface area (Å²) in [5.41, 5.74) is 0.946. The molecule has 3 atom stereocenters. The van der Waals surface area contributed by atoms with Crippen LogP contribution in [-0.2, 0) is 16.1 Å².